The summed E-state index contributed by atoms with van der Waals surface area (Å²) in [5.74, 6) is 3.66. The normalized spacial score (nSPS) is 17.3. The van der Waals surface area contributed by atoms with Crippen molar-refractivity contribution in [1.82, 2.24) is 15.5 Å². The van der Waals surface area contributed by atoms with E-state index in [1.165, 1.54) is 4.90 Å². The van der Waals surface area contributed by atoms with Gasteiger partial charge in [-0.1, -0.05) is 30.2 Å². The fraction of sp³-hybridized carbons (Fsp3) is 0.250. The molecule has 1 atom stereocenters. The number of para-hydroxylation sites is 1. The molecule has 8 nitrogen and oxygen atoms in total. The van der Waals surface area contributed by atoms with Crippen LogP contribution in [0.15, 0.2) is 36.4 Å². The lowest BCUT2D eigenvalue weighted by atomic mass is 10.0. The number of fused-ring (bicyclic) bond motifs is 1. The number of benzene rings is 2. The van der Waals surface area contributed by atoms with Crippen LogP contribution in [0.4, 0.5) is 0 Å². The van der Waals surface area contributed by atoms with Crippen LogP contribution >= 0.6 is 0 Å². The van der Waals surface area contributed by atoms with Gasteiger partial charge in [0, 0.05) is 31.0 Å². The van der Waals surface area contributed by atoms with Crippen molar-refractivity contribution in [2.75, 3.05) is 0 Å². The van der Waals surface area contributed by atoms with Gasteiger partial charge in [-0.05, 0) is 42.2 Å². The zero-order chi connectivity index (χ0) is 22.8. The molecule has 2 aliphatic heterocycles. The molecule has 2 heterocycles. The molecule has 0 spiro atoms. The minimum atomic E-state index is -0.663. The number of amides is 4. The van der Waals surface area contributed by atoms with E-state index in [9.17, 15) is 24.3 Å². The minimum absolute atomic E-state index is 0.0525. The maximum Gasteiger partial charge on any atom is 0.296 e. The van der Waals surface area contributed by atoms with Crippen molar-refractivity contribution in [3.8, 4) is 17.6 Å². The Labute approximate surface area is 184 Å². The van der Waals surface area contributed by atoms with Crippen molar-refractivity contribution >= 4 is 23.6 Å². The van der Waals surface area contributed by atoms with Gasteiger partial charge in [0.1, 0.15) is 11.8 Å². The molecule has 4 amide bonds. The van der Waals surface area contributed by atoms with E-state index in [2.05, 4.69) is 22.5 Å². The third-order valence-electron chi connectivity index (χ3n) is 5.59. The first-order chi connectivity index (χ1) is 15.3. The van der Waals surface area contributed by atoms with Crippen LogP contribution in [0.5, 0.6) is 5.75 Å². The zero-order valence-electron chi connectivity index (χ0n) is 17.4. The van der Waals surface area contributed by atoms with Crippen LogP contribution in [-0.2, 0) is 27.5 Å². The van der Waals surface area contributed by atoms with E-state index in [-0.39, 0.29) is 37.1 Å². The summed E-state index contributed by atoms with van der Waals surface area (Å²) in [6, 6.07) is 9.71. The molecular weight excluding hydrogens is 410 g/mol. The molecule has 0 aromatic heterocycles. The van der Waals surface area contributed by atoms with Crippen molar-refractivity contribution in [3.05, 3.63) is 64.2 Å². The van der Waals surface area contributed by atoms with Crippen LogP contribution in [0, 0.1) is 18.8 Å². The second-order valence-electron chi connectivity index (χ2n) is 7.80. The number of aryl methyl sites for hydroxylation is 1. The Morgan fingerprint density at radius 2 is 2.06 bits per heavy atom. The van der Waals surface area contributed by atoms with Crippen molar-refractivity contribution in [2.24, 2.45) is 0 Å². The topological polar surface area (TPSA) is 116 Å². The Kier molecular flexibility index (Phi) is 5.65. The Morgan fingerprint density at radius 3 is 2.84 bits per heavy atom. The molecule has 0 aliphatic carbocycles. The summed E-state index contributed by atoms with van der Waals surface area (Å²) in [6.07, 6.45) is 0.512. The molecular formula is C24H21N3O5. The first kappa shape index (κ1) is 21.1. The lowest BCUT2D eigenvalue weighted by molar-refractivity contribution is -0.137. The van der Waals surface area contributed by atoms with Gasteiger partial charge in [0.25, 0.3) is 11.8 Å². The fourth-order valence-corrected chi connectivity index (χ4v) is 3.85. The quantitative estimate of drug-likeness (QED) is 0.498. The monoisotopic (exact) mass is 431 g/mol. The second kappa shape index (κ2) is 8.55. The molecule has 0 radical (unpaired) electrons. The Balaban J connectivity index is 1.40. The third kappa shape index (κ3) is 4.18. The van der Waals surface area contributed by atoms with Gasteiger partial charge in [-0.3, -0.25) is 24.5 Å². The summed E-state index contributed by atoms with van der Waals surface area (Å²) in [5.41, 5.74) is 3.12. The van der Waals surface area contributed by atoms with Gasteiger partial charge < -0.3 is 15.3 Å². The van der Waals surface area contributed by atoms with Gasteiger partial charge in [-0.25, -0.2) is 0 Å². The number of imide groups is 1. The number of phenols is 1. The molecule has 0 bridgehead atoms. The summed E-state index contributed by atoms with van der Waals surface area (Å²) in [4.78, 5) is 49.8. The molecule has 3 N–H and O–H groups in total. The largest absolute Gasteiger partial charge is 0.506 e. The Bertz CT molecular complexity index is 1210. The number of rotatable bonds is 3. The van der Waals surface area contributed by atoms with Crippen LogP contribution in [0.2, 0.25) is 0 Å². The number of carbonyl (C=O) groups excluding carboxylic acids is 4. The molecule has 1 fully saturated rings. The molecule has 162 valence electrons. The first-order valence-corrected chi connectivity index (χ1v) is 10.2. The van der Waals surface area contributed by atoms with Crippen LogP contribution in [0.25, 0.3) is 0 Å². The summed E-state index contributed by atoms with van der Waals surface area (Å²) in [7, 11) is 0. The van der Waals surface area contributed by atoms with Gasteiger partial charge in [0.15, 0.2) is 0 Å². The summed E-state index contributed by atoms with van der Waals surface area (Å²) in [5, 5.41) is 14.9. The smallest absolute Gasteiger partial charge is 0.296 e. The van der Waals surface area contributed by atoms with E-state index in [0.29, 0.717) is 23.1 Å². The molecule has 8 heteroatoms. The average molecular weight is 431 g/mol. The van der Waals surface area contributed by atoms with Crippen LogP contribution in [0.3, 0.4) is 0 Å². The lowest BCUT2D eigenvalue weighted by Crippen LogP contribution is -2.52. The maximum absolute atomic E-state index is 12.7. The van der Waals surface area contributed by atoms with Crippen molar-refractivity contribution in [2.45, 2.75) is 38.9 Å². The molecule has 2 aromatic rings. The number of hydrogen-bond donors (Lipinski definition) is 3. The molecule has 0 saturated carbocycles. The summed E-state index contributed by atoms with van der Waals surface area (Å²) in [6.45, 7) is 2.24. The zero-order valence-corrected chi connectivity index (χ0v) is 17.4. The number of nitrogens with one attached hydrogen (secondary N) is 2. The van der Waals surface area contributed by atoms with Crippen LogP contribution in [0.1, 0.15) is 45.5 Å². The molecule has 32 heavy (non-hydrogen) atoms. The Hall–Kier alpha value is -4.12. The van der Waals surface area contributed by atoms with Gasteiger partial charge in [0.05, 0.1) is 5.56 Å². The first-order valence-electron chi connectivity index (χ1n) is 10.2. The van der Waals surface area contributed by atoms with E-state index in [1.807, 2.05) is 6.07 Å². The number of hydrogen-bond acceptors (Lipinski definition) is 5. The van der Waals surface area contributed by atoms with Crippen molar-refractivity contribution in [1.29, 1.82) is 0 Å². The van der Waals surface area contributed by atoms with Crippen LogP contribution < -0.4 is 10.6 Å². The van der Waals surface area contributed by atoms with Gasteiger partial charge in [-0.2, -0.15) is 0 Å². The maximum atomic E-state index is 12.7. The highest BCUT2D eigenvalue weighted by atomic mass is 16.3. The fourth-order valence-electron chi connectivity index (χ4n) is 3.85. The predicted molar refractivity (Wildman–Crippen MR) is 114 cm³/mol. The van der Waals surface area contributed by atoms with Gasteiger partial charge in [-0.15, -0.1) is 0 Å². The van der Waals surface area contributed by atoms with E-state index in [4.69, 9.17) is 0 Å². The number of carbonyl (C=O) groups is 4. The number of phenolic OH excluding ortho intramolecular Hbond substituents is 1. The SMILES string of the molecule is Cc1cccc(C#CC(=O)NCc2ccc3c(c2)CN(C2CCC(=O)NC2=O)C3=O)c1O. The molecule has 1 unspecified atom stereocenters. The highest BCUT2D eigenvalue weighted by Crippen LogP contribution is 2.28. The van der Waals surface area contributed by atoms with Gasteiger partial charge >= 0.3 is 0 Å². The number of aromatic hydroxyl groups is 1. The minimum Gasteiger partial charge on any atom is -0.506 e. The highest BCUT2D eigenvalue weighted by Gasteiger charge is 2.39. The average Bonchev–Trinajstić information content (AvgIpc) is 3.09. The second-order valence-corrected chi connectivity index (χ2v) is 7.80. The predicted octanol–water partition coefficient (Wildman–Crippen LogP) is 1.13. The van der Waals surface area contributed by atoms with Crippen LogP contribution in [-0.4, -0.2) is 39.7 Å². The van der Waals surface area contributed by atoms with E-state index >= 15 is 0 Å². The Morgan fingerprint density at radius 1 is 1.25 bits per heavy atom. The van der Waals surface area contributed by atoms with E-state index in [0.717, 1.165) is 11.1 Å². The molecule has 2 aromatic carbocycles. The van der Waals surface area contributed by atoms with E-state index < -0.39 is 17.9 Å². The molecule has 4 rings (SSSR count). The number of piperidine rings is 1. The highest BCUT2D eigenvalue weighted by molar-refractivity contribution is 6.05. The molecule has 2 aliphatic rings. The van der Waals surface area contributed by atoms with E-state index in [1.54, 1.807) is 37.3 Å². The number of nitrogens with zero attached hydrogens (tertiary/aromatic N) is 1. The van der Waals surface area contributed by atoms with Crippen molar-refractivity contribution < 1.29 is 24.3 Å². The van der Waals surface area contributed by atoms with Gasteiger partial charge in [0.2, 0.25) is 11.8 Å². The standard InChI is InChI=1S/C24H21N3O5/c1-14-3-2-4-16(22(14)30)6-9-20(28)25-12-15-5-7-18-17(11-15)13-27(24(18)32)19-8-10-21(29)26-23(19)31/h2-5,7,11,19,30H,8,10,12-13H2,1H3,(H,25,28)(H,26,29,31). The summed E-state index contributed by atoms with van der Waals surface area (Å²) < 4.78 is 0. The van der Waals surface area contributed by atoms with Crippen molar-refractivity contribution in [3.63, 3.8) is 0 Å². The lowest BCUT2D eigenvalue weighted by Gasteiger charge is -2.29. The summed E-state index contributed by atoms with van der Waals surface area (Å²) >= 11 is 0. The molecule has 1 saturated heterocycles. The third-order valence-corrected chi connectivity index (χ3v) is 5.59.